The summed E-state index contributed by atoms with van der Waals surface area (Å²) < 4.78 is 12.9. The minimum Gasteiger partial charge on any atom is -0.456 e. The van der Waals surface area contributed by atoms with Crippen molar-refractivity contribution in [2.45, 2.75) is 78.1 Å². The van der Waals surface area contributed by atoms with Crippen LogP contribution < -0.4 is 0 Å². The minimum atomic E-state index is 0.922. The van der Waals surface area contributed by atoms with Gasteiger partial charge in [0.1, 0.15) is 22.3 Å². The van der Waals surface area contributed by atoms with E-state index in [1.807, 2.05) is 0 Å². The average molecular weight is 527 g/mol. The molecule has 0 aliphatic heterocycles. The Morgan fingerprint density at radius 3 is 1.35 bits per heavy atom. The Morgan fingerprint density at radius 2 is 0.900 bits per heavy atom. The summed E-state index contributed by atoms with van der Waals surface area (Å²) in [4.78, 5) is 0. The van der Waals surface area contributed by atoms with Gasteiger partial charge >= 0.3 is 0 Å². The molecule has 0 atom stereocenters. The first-order valence-corrected chi connectivity index (χ1v) is 15.4. The molecule has 7 rings (SSSR count). The molecule has 0 unspecified atom stereocenters. The standard InChI is InChI=1S/C38H38O2/c1-3-5-7-9-11-25-13-17-29-27(21-25)15-19-33-37(29)31-23-36-32(24-35(31)39-33)38-30-18-14-26(12-10-8-6-4-2)22-28(30)16-20-34(38)40-36/h13-24H,3-12H2,1-2H3. The second-order valence-corrected chi connectivity index (χ2v) is 11.7. The van der Waals surface area contributed by atoms with Crippen LogP contribution in [0.2, 0.25) is 0 Å². The molecule has 0 saturated heterocycles. The van der Waals surface area contributed by atoms with Gasteiger partial charge in [0.25, 0.3) is 0 Å². The average Bonchev–Trinajstić information content (AvgIpc) is 3.53. The van der Waals surface area contributed by atoms with Crippen LogP contribution in [-0.4, -0.2) is 0 Å². The van der Waals surface area contributed by atoms with Gasteiger partial charge in [0.05, 0.1) is 0 Å². The Balaban J connectivity index is 1.31. The SMILES string of the molecule is CCCCCCc1ccc2c(ccc3oc4cc5c(cc4c32)oc2ccc3cc(CCCCCC)ccc3c25)c1. The molecule has 0 fully saturated rings. The molecule has 0 aliphatic rings. The molecule has 40 heavy (non-hydrogen) atoms. The first-order chi connectivity index (χ1) is 19.7. The summed E-state index contributed by atoms with van der Waals surface area (Å²) in [5.74, 6) is 0. The van der Waals surface area contributed by atoms with E-state index in [2.05, 4.69) is 86.6 Å². The predicted molar refractivity (Wildman–Crippen MR) is 172 cm³/mol. The fraction of sp³-hybridized carbons (Fsp3) is 0.316. The monoisotopic (exact) mass is 526 g/mol. The molecule has 2 heterocycles. The number of hydrogen-bond donors (Lipinski definition) is 0. The quantitative estimate of drug-likeness (QED) is 0.166. The molecule has 0 radical (unpaired) electrons. The van der Waals surface area contributed by atoms with Crippen molar-refractivity contribution in [1.82, 2.24) is 0 Å². The van der Waals surface area contributed by atoms with Gasteiger partial charge < -0.3 is 8.83 Å². The third-order valence-electron chi connectivity index (χ3n) is 8.79. The summed E-state index contributed by atoms with van der Waals surface area (Å²) in [6.45, 7) is 4.53. The third-order valence-corrected chi connectivity index (χ3v) is 8.79. The molecule has 0 spiro atoms. The molecule has 7 aromatic rings. The molecule has 2 heteroatoms. The van der Waals surface area contributed by atoms with Crippen LogP contribution in [0, 0.1) is 0 Å². The number of rotatable bonds is 10. The summed E-state index contributed by atoms with van der Waals surface area (Å²) in [6, 6.07) is 27.0. The molecular weight excluding hydrogens is 488 g/mol. The fourth-order valence-corrected chi connectivity index (χ4v) is 6.62. The van der Waals surface area contributed by atoms with Gasteiger partial charge in [-0.25, -0.2) is 0 Å². The van der Waals surface area contributed by atoms with Crippen LogP contribution >= 0.6 is 0 Å². The highest BCUT2D eigenvalue weighted by molar-refractivity contribution is 6.25. The summed E-state index contributed by atoms with van der Waals surface area (Å²) in [5, 5.41) is 9.69. The van der Waals surface area contributed by atoms with Crippen molar-refractivity contribution in [3.05, 3.63) is 83.9 Å². The highest BCUT2D eigenvalue weighted by atomic mass is 16.3. The van der Waals surface area contributed by atoms with E-state index >= 15 is 0 Å². The molecule has 0 saturated carbocycles. The van der Waals surface area contributed by atoms with E-state index < -0.39 is 0 Å². The van der Waals surface area contributed by atoms with Crippen molar-refractivity contribution >= 4 is 65.4 Å². The van der Waals surface area contributed by atoms with Crippen molar-refractivity contribution < 1.29 is 8.83 Å². The Bertz CT molecular complexity index is 1840. The molecule has 5 aromatic carbocycles. The zero-order valence-corrected chi connectivity index (χ0v) is 23.8. The summed E-state index contributed by atoms with van der Waals surface area (Å²) in [6.07, 6.45) is 12.6. The van der Waals surface area contributed by atoms with Crippen LogP contribution in [-0.2, 0) is 12.8 Å². The Hall–Kier alpha value is -3.78. The summed E-state index contributed by atoms with van der Waals surface area (Å²) in [7, 11) is 0. The van der Waals surface area contributed by atoms with Crippen molar-refractivity contribution in [3.8, 4) is 0 Å². The van der Waals surface area contributed by atoms with E-state index in [1.165, 1.54) is 94.8 Å². The van der Waals surface area contributed by atoms with Gasteiger partial charge in [-0.3, -0.25) is 0 Å². The number of unbranched alkanes of at least 4 members (excludes halogenated alkanes) is 6. The van der Waals surface area contributed by atoms with E-state index in [9.17, 15) is 0 Å². The van der Waals surface area contributed by atoms with Gasteiger partial charge in [0.2, 0.25) is 0 Å². The van der Waals surface area contributed by atoms with E-state index in [0.717, 1.165) is 45.9 Å². The smallest absolute Gasteiger partial charge is 0.136 e. The van der Waals surface area contributed by atoms with Crippen LogP contribution in [0.4, 0.5) is 0 Å². The lowest BCUT2D eigenvalue weighted by Gasteiger charge is -2.05. The Labute approximate surface area is 235 Å². The second kappa shape index (κ2) is 10.7. The maximum atomic E-state index is 6.46. The van der Waals surface area contributed by atoms with Crippen molar-refractivity contribution in [1.29, 1.82) is 0 Å². The van der Waals surface area contributed by atoms with Crippen molar-refractivity contribution in [2.24, 2.45) is 0 Å². The minimum absolute atomic E-state index is 0.922. The summed E-state index contributed by atoms with van der Waals surface area (Å²) in [5.41, 5.74) is 6.56. The van der Waals surface area contributed by atoms with Gasteiger partial charge in [0.15, 0.2) is 0 Å². The van der Waals surface area contributed by atoms with Gasteiger partial charge in [-0.1, -0.05) is 101 Å². The normalized spacial score (nSPS) is 12.2. The molecule has 202 valence electrons. The molecule has 2 nitrogen and oxygen atoms in total. The van der Waals surface area contributed by atoms with Gasteiger partial charge in [-0.2, -0.15) is 0 Å². The lowest BCUT2D eigenvalue weighted by molar-refractivity contribution is 0.664. The number of benzene rings is 5. The van der Waals surface area contributed by atoms with Crippen LogP contribution in [0.1, 0.15) is 76.3 Å². The zero-order chi connectivity index (χ0) is 27.1. The highest BCUT2D eigenvalue weighted by Gasteiger charge is 2.17. The first-order valence-electron chi connectivity index (χ1n) is 15.4. The number of hydrogen-bond acceptors (Lipinski definition) is 2. The Morgan fingerprint density at radius 1 is 0.425 bits per heavy atom. The van der Waals surface area contributed by atoms with E-state index in [0.29, 0.717) is 0 Å². The maximum Gasteiger partial charge on any atom is 0.136 e. The number of fused-ring (bicyclic) bond motifs is 10. The fourth-order valence-electron chi connectivity index (χ4n) is 6.62. The lowest BCUT2D eigenvalue weighted by Crippen LogP contribution is -1.86. The van der Waals surface area contributed by atoms with Gasteiger partial charge in [-0.05, 0) is 82.6 Å². The largest absolute Gasteiger partial charge is 0.456 e. The van der Waals surface area contributed by atoms with Crippen LogP contribution in [0.3, 0.4) is 0 Å². The molecule has 0 bridgehead atoms. The van der Waals surface area contributed by atoms with Gasteiger partial charge in [-0.15, -0.1) is 0 Å². The molecule has 0 N–H and O–H groups in total. The maximum absolute atomic E-state index is 6.46. The van der Waals surface area contributed by atoms with Crippen LogP contribution in [0.15, 0.2) is 81.6 Å². The molecule has 0 amide bonds. The first kappa shape index (κ1) is 25.2. The van der Waals surface area contributed by atoms with Gasteiger partial charge in [0, 0.05) is 21.5 Å². The molecule has 0 aliphatic carbocycles. The van der Waals surface area contributed by atoms with E-state index in [-0.39, 0.29) is 0 Å². The second-order valence-electron chi connectivity index (χ2n) is 11.7. The third kappa shape index (κ3) is 4.44. The molecule has 2 aromatic heterocycles. The highest BCUT2D eigenvalue weighted by Crippen LogP contribution is 2.41. The lowest BCUT2D eigenvalue weighted by atomic mass is 9.98. The van der Waals surface area contributed by atoms with E-state index in [1.54, 1.807) is 0 Å². The molecular formula is C38H38O2. The number of aryl methyl sites for hydroxylation is 2. The van der Waals surface area contributed by atoms with Crippen molar-refractivity contribution in [2.75, 3.05) is 0 Å². The topological polar surface area (TPSA) is 26.3 Å². The summed E-state index contributed by atoms with van der Waals surface area (Å²) >= 11 is 0. The zero-order valence-electron chi connectivity index (χ0n) is 23.8. The van der Waals surface area contributed by atoms with E-state index in [4.69, 9.17) is 8.83 Å². The Kier molecular flexibility index (Phi) is 6.71. The van der Waals surface area contributed by atoms with Crippen molar-refractivity contribution in [3.63, 3.8) is 0 Å². The van der Waals surface area contributed by atoms with Crippen LogP contribution in [0.25, 0.3) is 65.4 Å². The van der Waals surface area contributed by atoms with Crippen LogP contribution in [0.5, 0.6) is 0 Å². The number of furan rings is 2. The predicted octanol–water partition coefficient (Wildman–Crippen LogP) is 12.0.